The molecule has 1 unspecified atom stereocenters. The molecule has 2 amide bonds. The first-order valence-electron chi connectivity index (χ1n) is 14.6. The van der Waals surface area contributed by atoms with Crippen LogP contribution in [0.4, 0.5) is 21.6 Å². The van der Waals surface area contributed by atoms with Gasteiger partial charge in [0.25, 0.3) is 0 Å². The number of aromatic nitrogens is 1. The van der Waals surface area contributed by atoms with Crippen LogP contribution < -0.4 is 20.8 Å². The Morgan fingerprint density at radius 3 is 2.47 bits per heavy atom. The number of anilines is 2. The van der Waals surface area contributed by atoms with Gasteiger partial charge in [-0.05, 0) is 56.2 Å². The molecular weight excluding hydrogens is 590 g/mol. The molecule has 236 valence electrons. The summed E-state index contributed by atoms with van der Waals surface area (Å²) >= 11 is 0. The number of carbonyl (C=O) groups is 2. The SMILES string of the molecule is C=CC(=O)N1CCN(c2c(C#N)c(N(C)CCC(=O)N(C)C)nc3c(P)c(-c4ccc(F)c(C)c4/N=C(\C)N)c(C)cc23)CC1. The van der Waals surface area contributed by atoms with Gasteiger partial charge >= 0.3 is 0 Å². The minimum atomic E-state index is -0.383. The number of amidine groups is 1. The molecule has 12 heteroatoms. The molecule has 1 fully saturated rings. The number of fused-ring (bicyclic) bond motifs is 1. The van der Waals surface area contributed by atoms with Crippen molar-refractivity contribution < 1.29 is 14.0 Å². The van der Waals surface area contributed by atoms with Gasteiger partial charge in [0.05, 0.1) is 22.7 Å². The average molecular weight is 631 g/mol. The third kappa shape index (κ3) is 6.62. The zero-order valence-corrected chi connectivity index (χ0v) is 27.9. The second-order valence-corrected chi connectivity index (χ2v) is 12.0. The maximum absolute atomic E-state index is 14.7. The molecular formula is C33H40FN8O2P. The summed E-state index contributed by atoms with van der Waals surface area (Å²) in [7, 11) is 8.03. The Kier molecular flexibility index (Phi) is 10.1. The number of halogens is 1. The number of amides is 2. The van der Waals surface area contributed by atoms with Crippen LogP contribution in [0.1, 0.15) is 30.0 Å². The Bertz CT molecular complexity index is 1750. The fourth-order valence-electron chi connectivity index (χ4n) is 5.67. The lowest BCUT2D eigenvalue weighted by atomic mass is 9.93. The molecule has 2 N–H and O–H groups in total. The van der Waals surface area contributed by atoms with Crippen LogP contribution in [0.2, 0.25) is 0 Å². The summed E-state index contributed by atoms with van der Waals surface area (Å²) in [5.41, 5.74) is 10.9. The Hall–Kier alpha value is -4.55. The molecule has 1 atom stereocenters. The minimum absolute atomic E-state index is 0.0380. The van der Waals surface area contributed by atoms with E-state index in [2.05, 4.69) is 31.8 Å². The van der Waals surface area contributed by atoms with E-state index in [1.165, 1.54) is 17.0 Å². The molecule has 1 aromatic heterocycles. The van der Waals surface area contributed by atoms with Crippen molar-refractivity contribution in [2.24, 2.45) is 10.7 Å². The maximum atomic E-state index is 14.7. The van der Waals surface area contributed by atoms with Crippen LogP contribution >= 0.6 is 9.24 Å². The quantitative estimate of drug-likeness (QED) is 0.174. The number of piperazine rings is 1. The number of benzene rings is 2. The third-order valence-corrected chi connectivity index (χ3v) is 8.67. The van der Waals surface area contributed by atoms with E-state index in [0.29, 0.717) is 72.3 Å². The van der Waals surface area contributed by atoms with Crippen LogP contribution in [0.3, 0.4) is 0 Å². The highest BCUT2D eigenvalue weighted by molar-refractivity contribution is 7.29. The Morgan fingerprint density at radius 2 is 1.89 bits per heavy atom. The van der Waals surface area contributed by atoms with Gasteiger partial charge in [0.1, 0.15) is 23.3 Å². The minimum Gasteiger partial charge on any atom is -0.387 e. The zero-order valence-electron chi connectivity index (χ0n) is 26.7. The highest BCUT2D eigenvalue weighted by Crippen LogP contribution is 2.42. The fraction of sp³-hybridized carbons (Fsp3) is 0.364. The van der Waals surface area contributed by atoms with Crippen molar-refractivity contribution in [2.75, 3.05) is 63.7 Å². The third-order valence-electron chi connectivity index (χ3n) is 8.11. The highest BCUT2D eigenvalue weighted by atomic mass is 31.0. The highest BCUT2D eigenvalue weighted by Gasteiger charge is 2.29. The maximum Gasteiger partial charge on any atom is 0.246 e. The predicted octanol–water partition coefficient (Wildman–Crippen LogP) is 3.79. The standard InChI is InChI=1S/C33H40FN8O2P/c1-8-26(43)41-13-15-42(16-14-41)31-23-17-19(2)28(22-9-10-25(34)20(3)29(22)37-21(4)36)32(45)30(23)38-33(24(31)18-35)40(7)12-11-27(44)39(5)6/h8-10,17H,1,11-16,45H2,2-7H3,(H2,36,37). The molecule has 0 aliphatic carbocycles. The van der Waals surface area contributed by atoms with Crippen molar-refractivity contribution in [1.29, 1.82) is 5.26 Å². The second kappa shape index (κ2) is 13.6. The molecule has 0 bridgehead atoms. The average Bonchev–Trinajstić information content (AvgIpc) is 3.01. The summed E-state index contributed by atoms with van der Waals surface area (Å²) in [6.45, 7) is 11.2. The molecule has 1 aliphatic rings. The number of aliphatic imine (C=N–C) groups is 1. The second-order valence-electron chi connectivity index (χ2n) is 11.4. The van der Waals surface area contributed by atoms with E-state index in [-0.39, 0.29) is 24.1 Å². The molecule has 10 nitrogen and oxygen atoms in total. The fourth-order valence-corrected chi connectivity index (χ4v) is 6.27. The van der Waals surface area contributed by atoms with E-state index >= 15 is 0 Å². The van der Waals surface area contributed by atoms with Gasteiger partial charge in [0.15, 0.2) is 0 Å². The van der Waals surface area contributed by atoms with E-state index in [9.17, 15) is 19.2 Å². The van der Waals surface area contributed by atoms with Crippen molar-refractivity contribution in [3.8, 4) is 17.2 Å². The van der Waals surface area contributed by atoms with Gasteiger partial charge in [0.2, 0.25) is 11.8 Å². The smallest absolute Gasteiger partial charge is 0.246 e. The Morgan fingerprint density at radius 1 is 1.22 bits per heavy atom. The largest absolute Gasteiger partial charge is 0.387 e. The summed E-state index contributed by atoms with van der Waals surface area (Å²) in [4.78, 5) is 41.5. The van der Waals surface area contributed by atoms with Crippen molar-refractivity contribution in [1.82, 2.24) is 14.8 Å². The topological polar surface area (TPSA) is 122 Å². The van der Waals surface area contributed by atoms with Crippen LogP contribution in [0.15, 0.2) is 35.8 Å². The summed E-state index contributed by atoms with van der Waals surface area (Å²) in [5.74, 6) is 0.198. The zero-order chi connectivity index (χ0) is 33.2. The monoisotopic (exact) mass is 630 g/mol. The van der Waals surface area contributed by atoms with Crippen LogP contribution in [0, 0.1) is 31.0 Å². The summed E-state index contributed by atoms with van der Waals surface area (Å²) in [5, 5.41) is 12.1. The summed E-state index contributed by atoms with van der Waals surface area (Å²) < 4.78 is 14.7. The Labute approximate surface area is 266 Å². The Balaban J connectivity index is 2.00. The van der Waals surface area contributed by atoms with E-state index in [1.54, 1.807) is 38.9 Å². The number of nitrogens with zero attached hydrogens (tertiary/aromatic N) is 7. The van der Waals surface area contributed by atoms with E-state index < -0.39 is 0 Å². The number of hydrogen-bond donors (Lipinski definition) is 1. The molecule has 2 heterocycles. The van der Waals surface area contributed by atoms with Gasteiger partial charge in [-0.1, -0.05) is 6.58 Å². The van der Waals surface area contributed by atoms with Crippen LogP contribution in [0.25, 0.3) is 22.0 Å². The summed E-state index contributed by atoms with van der Waals surface area (Å²) in [6.07, 6.45) is 1.56. The van der Waals surface area contributed by atoms with Crippen LogP contribution in [-0.2, 0) is 9.59 Å². The molecule has 2 aromatic carbocycles. The number of nitriles is 1. The first kappa shape index (κ1) is 33.3. The number of pyridine rings is 1. The van der Waals surface area contributed by atoms with Gasteiger partial charge in [-0.25, -0.2) is 14.4 Å². The van der Waals surface area contributed by atoms with Crippen molar-refractivity contribution >= 4 is 60.3 Å². The summed E-state index contributed by atoms with van der Waals surface area (Å²) in [6, 6.07) is 7.53. The first-order valence-corrected chi connectivity index (χ1v) is 15.2. The van der Waals surface area contributed by atoms with Gasteiger partial charge in [0, 0.05) is 82.1 Å². The molecule has 3 aromatic rings. The molecule has 4 rings (SSSR count). The van der Waals surface area contributed by atoms with Crippen LogP contribution in [-0.4, -0.2) is 86.3 Å². The lowest BCUT2D eigenvalue weighted by Gasteiger charge is -2.37. The molecule has 0 radical (unpaired) electrons. The van der Waals surface area contributed by atoms with Gasteiger partial charge in [-0.3, -0.25) is 9.59 Å². The number of carbonyl (C=O) groups excluding carboxylic acids is 2. The molecule has 1 aliphatic heterocycles. The molecule has 0 spiro atoms. The van der Waals surface area contributed by atoms with E-state index in [0.717, 1.165) is 27.5 Å². The first-order chi connectivity index (χ1) is 21.3. The number of hydrogen-bond acceptors (Lipinski definition) is 7. The van der Waals surface area contributed by atoms with Gasteiger partial charge in [-0.15, -0.1) is 9.24 Å². The number of rotatable bonds is 8. The normalized spacial score (nSPS) is 13.5. The van der Waals surface area contributed by atoms with Crippen molar-refractivity contribution in [2.45, 2.75) is 27.2 Å². The van der Waals surface area contributed by atoms with E-state index in [1.807, 2.05) is 24.9 Å². The lowest BCUT2D eigenvalue weighted by Crippen LogP contribution is -2.48. The predicted molar refractivity (Wildman–Crippen MR) is 183 cm³/mol. The number of aryl methyl sites for hydroxylation is 1. The molecule has 0 saturated carbocycles. The number of nitrogens with two attached hydrogens (primary N) is 1. The van der Waals surface area contributed by atoms with Gasteiger partial charge < -0.3 is 25.3 Å². The van der Waals surface area contributed by atoms with Crippen molar-refractivity contribution in [3.63, 3.8) is 0 Å². The van der Waals surface area contributed by atoms with Crippen LogP contribution in [0.5, 0.6) is 0 Å². The van der Waals surface area contributed by atoms with E-state index in [4.69, 9.17) is 10.7 Å². The lowest BCUT2D eigenvalue weighted by molar-refractivity contribution is -0.128. The molecule has 45 heavy (non-hydrogen) atoms. The van der Waals surface area contributed by atoms with Crippen molar-refractivity contribution in [3.05, 3.63) is 53.4 Å². The van der Waals surface area contributed by atoms with Gasteiger partial charge in [-0.2, -0.15) is 5.26 Å². The molecule has 1 saturated heterocycles.